The van der Waals surface area contributed by atoms with Gasteiger partial charge in [-0.2, -0.15) is 0 Å². The summed E-state index contributed by atoms with van der Waals surface area (Å²) in [5, 5.41) is 9.63. The molecule has 14 heavy (non-hydrogen) atoms. The number of rotatable bonds is 1. The zero-order chi connectivity index (χ0) is 10.3. The predicted molar refractivity (Wildman–Crippen MR) is 53.1 cm³/mol. The van der Waals surface area contributed by atoms with E-state index in [4.69, 9.17) is 28.3 Å². The summed E-state index contributed by atoms with van der Waals surface area (Å²) >= 11 is 11.4. The molecule has 0 aromatic carbocycles. The largest absolute Gasteiger partial charge is 0.478 e. The molecule has 4 nitrogen and oxygen atoms in total. The van der Waals surface area contributed by atoms with Crippen LogP contribution in [0.4, 0.5) is 0 Å². The second-order valence-electron chi connectivity index (χ2n) is 2.67. The van der Waals surface area contributed by atoms with E-state index in [2.05, 4.69) is 9.97 Å². The summed E-state index contributed by atoms with van der Waals surface area (Å²) in [6.45, 7) is 0. The molecule has 6 heteroatoms. The summed E-state index contributed by atoms with van der Waals surface area (Å²) < 4.78 is 0. The molecule has 0 radical (unpaired) electrons. The SMILES string of the molecule is O=C(O)c1c[nH]c2c(Cl)nc(Cl)cc12. The van der Waals surface area contributed by atoms with Crippen molar-refractivity contribution in [2.24, 2.45) is 0 Å². The average Bonchev–Trinajstić information content (AvgIpc) is 2.47. The van der Waals surface area contributed by atoms with Gasteiger partial charge in [0.15, 0.2) is 5.15 Å². The van der Waals surface area contributed by atoms with Gasteiger partial charge in [-0.3, -0.25) is 0 Å². The van der Waals surface area contributed by atoms with Crippen LogP contribution in [0.1, 0.15) is 10.4 Å². The number of hydrogen-bond acceptors (Lipinski definition) is 2. The summed E-state index contributed by atoms with van der Waals surface area (Å²) in [7, 11) is 0. The van der Waals surface area contributed by atoms with Gasteiger partial charge in [0.1, 0.15) is 5.15 Å². The highest BCUT2D eigenvalue weighted by Gasteiger charge is 2.13. The number of hydrogen-bond donors (Lipinski definition) is 2. The van der Waals surface area contributed by atoms with Gasteiger partial charge in [-0.05, 0) is 6.07 Å². The van der Waals surface area contributed by atoms with Crippen LogP contribution in [-0.4, -0.2) is 21.0 Å². The van der Waals surface area contributed by atoms with Gasteiger partial charge in [-0.25, -0.2) is 9.78 Å². The first-order valence-electron chi connectivity index (χ1n) is 3.66. The molecular formula is C8H4Cl2N2O2. The van der Waals surface area contributed by atoms with Crippen LogP contribution >= 0.6 is 23.2 Å². The molecule has 72 valence electrons. The Morgan fingerprint density at radius 1 is 1.50 bits per heavy atom. The van der Waals surface area contributed by atoms with Gasteiger partial charge < -0.3 is 10.1 Å². The first-order valence-corrected chi connectivity index (χ1v) is 4.41. The summed E-state index contributed by atoms with van der Waals surface area (Å²) in [5.74, 6) is -1.03. The topological polar surface area (TPSA) is 66.0 Å². The summed E-state index contributed by atoms with van der Waals surface area (Å²) in [5.41, 5.74) is 0.611. The fourth-order valence-electron chi connectivity index (χ4n) is 1.23. The van der Waals surface area contributed by atoms with Crippen molar-refractivity contribution in [3.05, 3.63) is 28.1 Å². The first kappa shape index (κ1) is 9.30. The van der Waals surface area contributed by atoms with Gasteiger partial charge in [0, 0.05) is 11.6 Å². The highest BCUT2D eigenvalue weighted by atomic mass is 35.5. The fraction of sp³-hybridized carbons (Fsp3) is 0. The van der Waals surface area contributed by atoms with Crippen molar-refractivity contribution in [1.29, 1.82) is 0 Å². The highest BCUT2D eigenvalue weighted by Crippen LogP contribution is 2.26. The van der Waals surface area contributed by atoms with Crippen LogP contribution in [-0.2, 0) is 0 Å². The lowest BCUT2D eigenvalue weighted by atomic mass is 10.2. The smallest absolute Gasteiger partial charge is 0.337 e. The van der Waals surface area contributed by atoms with Crippen molar-refractivity contribution in [3.8, 4) is 0 Å². The third-order valence-electron chi connectivity index (χ3n) is 1.83. The monoisotopic (exact) mass is 230 g/mol. The molecule has 0 atom stereocenters. The molecule has 0 saturated carbocycles. The van der Waals surface area contributed by atoms with Gasteiger partial charge in [0.25, 0.3) is 0 Å². The van der Waals surface area contributed by atoms with Gasteiger partial charge in [-0.1, -0.05) is 23.2 Å². The number of H-pyrrole nitrogens is 1. The maximum absolute atomic E-state index is 10.8. The molecule has 0 fully saturated rings. The van der Waals surface area contributed by atoms with E-state index in [0.29, 0.717) is 10.9 Å². The quantitative estimate of drug-likeness (QED) is 0.741. The Labute approximate surface area is 88.5 Å². The molecule has 0 spiro atoms. The number of nitrogens with one attached hydrogen (secondary N) is 1. The minimum atomic E-state index is -1.03. The van der Waals surface area contributed by atoms with Crippen molar-refractivity contribution in [1.82, 2.24) is 9.97 Å². The number of carboxylic acid groups (broad SMARTS) is 1. The van der Waals surface area contributed by atoms with Crippen LogP contribution in [0.2, 0.25) is 10.3 Å². The predicted octanol–water partition coefficient (Wildman–Crippen LogP) is 2.57. The molecule has 2 heterocycles. The normalized spacial score (nSPS) is 10.7. The maximum Gasteiger partial charge on any atom is 0.337 e. The molecular weight excluding hydrogens is 227 g/mol. The van der Waals surface area contributed by atoms with Crippen molar-refractivity contribution in [3.63, 3.8) is 0 Å². The van der Waals surface area contributed by atoms with E-state index < -0.39 is 5.97 Å². The summed E-state index contributed by atoms with van der Waals surface area (Å²) in [6, 6.07) is 1.46. The highest BCUT2D eigenvalue weighted by molar-refractivity contribution is 6.36. The third kappa shape index (κ3) is 1.32. The molecule has 2 rings (SSSR count). The number of aromatic amines is 1. The van der Waals surface area contributed by atoms with Gasteiger partial charge >= 0.3 is 5.97 Å². The Hall–Kier alpha value is -1.26. The number of carbonyl (C=O) groups is 1. The molecule has 0 amide bonds. The molecule has 0 aliphatic carbocycles. The van der Waals surface area contributed by atoms with Crippen LogP contribution in [0, 0.1) is 0 Å². The lowest BCUT2D eigenvalue weighted by Gasteiger charge is -1.95. The average molecular weight is 231 g/mol. The number of aromatic nitrogens is 2. The van der Waals surface area contributed by atoms with E-state index in [1.54, 1.807) is 0 Å². The Balaban J connectivity index is 2.85. The van der Waals surface area contributed by atoms with E-state index in [-0.39, 0.29) is 15.9 Å². The lowest BCUT2D eigenvalue weighted by molar-refractivity contribution is 0.0699. The molecule has 2 aromatic heterocycles. The van der Waals surface area contributed by atoms with Crippen LogP contribution < -0.4 is 0 Å². The van der Waals surface area contributed by atoms with Gasteiger partial charge in [0.05, 0.1) is 11.1 Å². The molecule has 0 unspecified atom stereocenters. The van der Waals surface area contributed by atoms with Crippen LogP contribution in [0.15, 0.2) is 12.3 Å². The van der Waals surface area contributed by atoms with E-state index in [1.807, 2.05) is 0 Å². The Bertz CT molecular complexity index is 521. The molecule has 0 aliphatic rings. The number of fused-ring (bicyclic) bond motifs is 1. The number of nitrogens with zero attached hydrogens (tertiary/aromatic N) is 1. The number of pyridine rings is 1. The second kappa shape index (κ2) is 3.15. The van der Waals surface area contributed by atoms with Crippen molar-refractivity contribution in [2.75, 3.05) is 0 Å². The molecule has 0 bridgehead atoms. The van der Waals surface area contributed by atoms with Gasteiger partial charge in [0.2, 0.25) is 0 Å². The third-order valence-corrected chi connectivity index (χ3v) is 2.29. The van der Waals surface area contributed by atoms with E-state index in [9.17, 15) is 4.79 Å². The van der Waals surface area contributed by atoms with Gasteiger partial charge in [-0.15, -0.1) is 0 Å². The van der Waals surface area contributed by atoms with Crippen molar-refractivity contribution < 1.29 is 9.90 Å². The standard InChI is InChI=1S/C8H4Cl2N2O2/c9-5-1-3-4(8(13)14)2-11-6(3)7(10)12-5/h1-2,11H,(H,13,14). The van der Waals surface area contributed by atoms with E-state index >= 15 is 0 Å². The first-order chi connectivity index (χ1) is 6.59. The Kier molecular flexibility index (Phi) is 2.09. The Morgan fingerprint density at radius 2 is 2.21 bits per heavy atom. The minimum Gasteiger partial charge on any atom is -0.478 e. The van der Waals surface area contributed by atoms with E-state index in [1.165, 1.54) is 12.3 Å². The lowest BCUT2D eigenvalue weighted by Crippen LogP contribution is -1.93. The fourth-order valence-corrected chi connectivity index (χ4v) is 1.72. The Morgan fingerprint density at radius 3 is 2.86 bits per heavy atom. The summed E-state index contributed by atoms with van der Waals surface area (Å²) in [4.78, 5) is 17.3. The number of carboxylic acids is 1. The van der Waals surface area contributed by atoms with Crippen LogP contribution in [0.3, 0.4) is 0 Å². The van der Waals surface area contributed by atoms with Crippen molar-refractivity contribution in [2.45, 2.75) is 0 Å². The minimum absolute atomic E-state index is 0.131. The number of aromatic carboxylic acids is 1. The number of halogens is 2. The molecule has 0 saturated heterocycles. The molecule has 0 aliphatic heterocycles. The molecule has 2 N–H and O–H groups in total. The zero-order valence-electron chi connectivity index (χ0n) is 6.71. The van der Waals surface area contributed by atoms with Crippen molar-refractivity contribution >= 4 is 40.1 Å². The van der Waals surface area contributed by atoms with Crippen LogP contribution in [0.25, 0.3) is 10.9 Å². The van der Waals surface area contributed by atoms with E-state index in [0.717, 1.165) is 0 Å². The maximum atomic E-state index is 10.8. The zero-order valence-corrected chi connectivity index (χ0v) is 8.23. The summed E-state index contributed by atoms with van der Waals surface area (Å²) in [6.07, 6.45) is 1.36. The molecule has 2 aromatic rings. The second-order valence-corrected chi connectivity index (χ2v) is 3.41. The van der Waals surface area contributed by atoms with Crippen LogP contribution in [0.5, 0.6) is 0 Å².